The topological polar surface area (TPSA) is 76.7 Å². The first kappa shape index (κ1) is 14.1. The van der Waals surface area contributed by atoms with Gasteiger partial charge in [0.1, 0.15) is 6.61 Å². The van der Waals surface area contributed by atoms with Gasteiger partial charge >= 0.3 is 6.09 Å². The zero-order valence-corrected chi connectivity index (χ0v) is 12.3. The predicted octanol–water partition coefficient (Wildman–Crippen LogP) is 2.43. The summed E-state index contributed by atoms with van der Waals surface area (Å²) in [5.74, 6) is 0.0377. The second-order valence-electron chi connectivity index (χ2n) is 5.09. The summed E-state index contributed by atoms with van der Waals surface area (Å²) in [7, 11) is 1.50. The first-order chi connectivity index (χ1) is 10.7. The zero-order valence-electron chi connectivity index (χ0n) is 12.3. The number of nitrogens with zero attached hydrogens (tertiary/aromatic N) is 1. The average molecular weight is 295 g/mol. The second kappa shape index (κ2) is 5.89. The highest BCUT2D eigenvalue weighted by atomic mass is 16.5. The normalized spacial score (nSPS) is 12.5. The van der Waals surface area contributed by atoms with Gasteiger partial charge in [-0.05, 0) is 34.2 Å². The average Bonchev–Trinajstić information content (AvgIpc) is 2.92. The van der Waals surface area contributed by atoms with Crippen molar-refractivity contribution in [3.63, 3.8) is 0 Å². The molecule has 0 bridgehead atoms. The Labute approximate surface area is 128 Å². The highest BCUT2D eigenvalue weighted by molar-refractivity contribution is 5.92. The number of hydrogen-bond donors (Lipinski definition) is 2. The van der Waals surface area contributed by atoms with Gasteiger partial charge in [-0.1, -0.05) is 42.5 Å². The lowest BCUT2D eigenvalue weighted by Gasteiger charge is -2.10. The van der Waals surface area contributed by atoms with E-state index in [-0.39, 0.29) is 12.6 Å². The summed E-state index contributed by atoms with van der Waals surface area (Å²) in [6.07, 6.45) is 0.266. The van der Waals surface area contributed by atoms with E-state index in [1.165, 1.54) is 29.3 Å². The Hall–Kier alpha value is -2.82. The zero-order chi connectivity index (χ0) is 15.5. The van der Waals surface area contributed by atoms with Crippen LogP contribution in [0.15, 0.2) is 47.5 Å². The third kappa shape index (κ3) is 2.65. The Morgan fingerprint density at radius 2 is 2.00 bits per heavy atom. The number of rotatable bonds is 2. The van der Waals surface area contributed by atoms with Crippen LogP contribution in [0.25, 0.3) is 11.1 Å². The number of carbonyl (C=O) groups excluding carboxylic acids is 1. The molecule has 0 radical (unpaired) electrons. The van der Waals surface area contributed by atoms with Crippen molar-refractivity contribution in [2.75, 3.05) is 7.05 Å². The number of fused-ring (bicyclic) bond motifs is 3. The van der Waals surface area contributed by atoms with Crippen LogP contribution in [0, 0.1) is 0 Å². The van der Waals surface area contributed by atoms with Crippen molar-refractivity contribution >= 4 is 12.1 Å². The Morgan fingerprint density at radius 1 is 1.23 bits per heavy atom. The number of hydrogen-bond acceptors (Lipinski definition) is 3. The van der Waals surface area contributed by atoms with Crippen molar-refractivity contribution < 1.29 is 9.53 Å². The van der Waals surface area contributed by atoms with Crippen LogP contribution in [0.2, 0.25) is 0 Å². The third-order valence-electron chi connectivity index (χ3n) is 3.78. The smallest absolute Gasteiger partial charge is 0.414 e. The lowest BCUT2D eigenvalue weighted by atomic mass is 10.0. The van der Waals surface area contributed by atoms with E-state index >= 15 is 0 Å². The van der Waals surface area contributed by atoms with Crippen LogP contribution in [0.3, 0.4) is 0 Å². The van der Waals surface area contributed by atoms with Crippen LogP contribution in [0.1, 0.15) is 16.7 Å². The van der Waals surface area contributed by atoms with E-state index in [2.05, 4.69) is 28.5 Å². The first-order valence-corrected chi connectivity index (χ1v) is 7.04. The van der Waals surface area contributed by atoms with E-state index in [1.807, 2.05) is 24.3 Å². The molecule has 0 heterocycles. The number of ether oxygens (including phenoxy) is 1. The molecular weight excluding hydrogens is 278 g/mol. The van der Waals surface area contributed by atoms with E-state index in [1.54, 1.807) is 0 Å². The maximum absolute atomic E-state index is 11.6. The van der Waals surface area contributed by atoms with Gasteiger partial charge in [0.2, 0.25) is 0 Å². The minimum atomic E-state index is -0.601. The van der Waals surface area contributed by atoms with Gasteiger partial charge in [0.25, 0.3) is 0 Å². The molecule has 1 aliphatic rings. The lowest BCUT2D eigenvalue weighted by Crippen LogP contribution is -2.36. The SMILES string of the molecule is CN=C(N)NC(=O)OCc1cccc2c1Cc1ccccc1-2. The van der Waals surface area contributed by atoms with E-state index in [9.17, 15) is 4.79 Å². The summed E-state index contributed by atoms with van der Waals surface area (Å²) in [6.45, 7) is 0.208. The molecule has 112 valence electrons. The van der Waals surface area contributed by atoms with Gasteiger partial charge in [0.05, 0.1) is 0 Å². The summed E-state index contributed by atoms with van der Waals surface area (Å²) in [5.41, 5.74) is 11.4. The van der Waals surface area contributed by atoms with Crippen molar-refractivity contribution in [2.24, 2.45) is 10.7 Å². The fraction of sp³-hybridized carbons (Fsp3) is 0.176. The minimum absolute atomic E-state index is 0.0377. The Kier molecular flexibility index (Phi) is 3.78. The highest BCUT2D eigenvalue weighted by Gasteiger charge is 2.20. The number of nitrogens with one attached hydrogen (secondary N) is 1. The molecule has 0 aromatic heterocycles. The van der Waals surface area contributed by atoms with Gasteiger partial charge in [-0.2, -0.15) is 0 Å². The summed E-state index contributed by atoms with van der Waals surface area (Å²) in [4.78, 5) is 15.3. The van der Waals surface area contributed by atoms with E-state index in [0.29, 0.717) is 0 Å². The first-order valence-electron chi connectivity index (χ1n) is 7.04. The Balaban J connectivity index is 1.76. The number of alkyl carbamates (subject to hydrolysis) is 1. The largest absolute Gasteiger partial charge is 0.444 e. The van der Waals surface area contributed by atoms with Gasteiger partial charge < -0.3 is 10.5 Å². The maximum atomic E-state index is 11.6. The molecule has 22 heavy (non-hydrogen) atoms. The molecule has 3 N–H and O–H groups in total. The summed E-state index contributed by atoms with van der Waals surface area (Å²) in [5, 5.41) is 2.35. The third-order valence-corrected chi connectivity index (χ3v) is 3.78. The molecule has 0 saturated heterocycles. The molecule has 5 heteroatoms. The quantitative estimate of drug-likeness (QED) is 0.563. The Bertz CT molecular complexity index is 753. The van der Waals surface area contributed by atoms with E-state index in [0.717, 1.165) is 12.0 Å². The monoisotopic (exact) mass is 295 g/mol. The standard InChI is InChI=1S/C17H17N3O2/c1-19-16(18)20-17(21)22-10-12-6-4-8-14-13-7-3-2-5-11(13)9-15(12)14/h2-8H,9-10H2,1H3,(H3,18,19,20,21). The van der Waals surface area contributed by atoms with Crippen molar-refractivity contribution in [3.8, 4) is 11.1 Å². The molecule has 3 rings (SSSR count). The molecule has 2 aromatic carbocycles. The Morgan fingerprint density at radius 3 is 2.82 bits per heavy atom. The molecule has 0 fully saturated rings. The molecule has 0 spiro atoms. The molecule has 1 amide bonds. The minimum Gasteiger partial charge on any atom is -0.444 e. The van der Waals surface area contributed by atoms with E-state index in [4.69, 9.17) is 10.5 Å². The van der Waals surface area contributed by atoms with Gasteiger partial charge in [-0.15, -0.1) is 0 Å². The van der Waals surface area contributed by atoms with Crippen molar-refractivity contribution in [1.29, 1.82) is 0 Å². The van der Waals surface area contributed by atoms with Gasteiger partial charge in [0.15, 0.2) is 5.96 Å². The fourth-order valence-electron chi connectivity index (χ4n) is 2.70. The number of amides is 1. The van der Waals surface area contributed by atoms with Crippen molar-refractivity contribution in [1.82, 2.24) is 5.32 Å². The fourth-order valence-corrected chi connectivity index (χ4v) is 2.70. The van der Waals surface area contributed by atoms with Crippen molar-refractivity contribution in [3.05, 3.63) is 59.2 Å². The number of guanidine groups is 1. The number of carbonyl (C=O) groups is 1. The van der Waals surface area contributed by atoms with Gasteiger partial charge in [-0.25, -0.2) is 4.79 Å². The number of benzene rings is 2. The second-order valence-corrected chi connectivity index (χ2v) is 5.09. The van der Waals surface area contributed by atoms with Crippen LogP contribution in [0.5, 0.6) is 0 Å². The molecule has 0 unspecified atom stereocenters. The summed E-state index contributed by atoms with van der Waals surface area (Å²) < 4.78 is 5.21. The number of nitrogens with two attached hydrogens (primary N) is 1. The van der Waals surface area contributed by atoms with Crippen LogP contribution < -0.4 is 11.1 Å². The molecule has 0 saturated carbocycles. The van der Waals surface area contributed by atoms with E-state index < -0.39 is 6.09 Å². The molecule has 1 aliphatic carbocycles. The van der Waals surface area contributed by atoms with Crippen LogP contribution in [-0.4, -0.2) is 19.1 Å². The molecule has 0 aliphatic heterocycles. The number of aliphatic imine (C=N–C) groups is 1. The van der Waals surface area contributed by atoms with Crippen LogP contribution in [-0.2, 0) is 17.8 Å². The highest BCUT2D eigenvalue weighted by Crippen LogP contribution is 2.38. The summed E-state index contributed by atoms with van der Waals surface area (Å²) in [6, 6.07) is 14.4. The van der Waals surface area contributed by atoms with Crippen molar-refractivity contribution in [2.45, 2.75) is 13.0 Å². The molecule has 0 atom stereocenters. The lowest BCUT2D eigenvalue weighted by molar-refractivity contribution is 0.145. The maximum Gasteiger partial charge on any atom is 0.414 e. The van der Waals surface area contributed by atoms with Crippen LogP contribution in [0.4, 0.5) is 4.79 Å². The van der Waals surface area contributed by atoms with Crippen LogP contribution >= 0.6 is 0 Å². The molecule has 5 nitrogen and oxygen atoms in total. The van der Waals surface area contributed by atoms with Gasteiger partial charge in [0, 0.05) is 7.05 Å². The molecule has 2 aromatic rings. The molecular formula is C17H17N3O2. The predicted molar refractivity (Wildman–Crippen MR) is 85.6 cm³/mol. The van der Waals surface area contributed by atoms with Gasteiger partial charge in [-0.3, -0.25) is 10.3 Å². The summed E-state index contributed by atoms with van der Waals surface area (Å²) >= 11 is 0.